The SMILES string of the molecule is C1=S(c2ccccc2)CCN1. The summed E-state index contributed by atoms with van der Waals surface area (Å²) in [5.74, 6) is 1.27. The summed E-state index contributed by atoms with van der Waals surface area (Å²) in [6.45, 7) is 1.14. The number of hydrogen-bond donors (Lipinski definition) is 1. The minimum atomic E-state index is 0.373. The Morgan fingerprint density at radius 2 is 2.00 bits per heavy atom. The Kier molecular flexibility index (Phi) is 2.06. The Bertz CT molecular complexity index is 266. The van der Waals surface area contributed by atoms with E-state index < -0.39 is 0 Å². The van der Waals surface area contributed by atoms with Gasteiger partial charge in [-0.1, -0.05) is 18.2 Å². The molecule has 1 unspecified atom stereocenters. The summed E-state index contributed by atoms with van der Waals surface area (Å²) in [6, 6.07) is 10.7. The Morgan fingerprint density at radius 3 is 2.64 bits per heavy atom. The van der Waals surface area contributed by atoms with E-state index in [1.165, 1.54) is 10.6 Å². The van der Waals surface area contributed by atoms with Gasteiger partial charge in [0.25, 0.3) is 0 Å². The number of rotatable bonds is 1. The molecule has 0 bridgehead atoms. The third-order valence-corrected chi connectivity index (χ3v) is 3.71. The summed E-state index contributed by atoms with van der Waals surface area (Å²) in [6.07, 6.45) is 0. The molecule has 0 aliphatic carbocycles. The van der Waals surface area contributed by atoms with Crippen molar-refractivity contribution in [3.8, 4) is 0 Å². The van der Waals surface area contributed by atoms with E-state index in [0.29, 0.717) is 10.5 Å². The van der Waals surface area contributed by atoms with Gasteiger partial charge in [-0.15, -0.1) is 10.5 Å². The van der Waals surface area contributed by atoms with Crippen LogP contribution in [0, 0.1) is 0 Å². The van der Waals surface area contributed by atoms with Crippen molar-refractivity contribution < 1.29 is 0 Å². The lowest BCUT2D eigenvalue weighted by atomic mass is 10.4. The average molecular weight is 165 g/mol. The average Bonchev–Trinajstić information content (AvgIpc) is 2.58. The highest BCUT2D eigenvalue weighted by atomic mass is 32.2. The van der Waals surface area contributed by atoms with Crippen LogP contribution < -0.4 is 5.32 Å². The number of benzene rings is 1. The van der Waals surface area contributed by atoms with E-state index in [1.54, 1.807) is 0 Å². The lowest BCUT2D eigenvalue weighted by Crippen LogP contribution is -2.04. The molecule has 0 amide bonds. The monoisotopic (exact) mass is 165 g/mol. The highest BCUT2D eigenvalue weighted by Crippen LogP contribution is 2.25. The molecule has 0 saturated heterocycles. The summed E-state index contributed by atoms with van der Waals surface area (Å²) in [5, 5.41) is 3.26. The van der Waals surface area contributed by atoms with E-state index in [9.17, 15) is 0 Å². The van der Waals surface area contributed by atoms with Gasteiger partial charge in [-0.05, 0) is 12.1 Å². The van der Waals surface area contributed by atoms with E-state index in [4.69, 9.17) is 0 Å². The van der Waals surface area contributed by atoms with E-state index in [0.717, 1.165) is 6.54 Å². The molecule has 1 aromatic carbocycles. The van der Waals surface area contributed by atoms with E-state index in [1.807, 2.05) is 0 Å². The fourth-order valence-electron chi connectivity index (χ4n) is 1.17. The van der Waals surface area contributed by atoms with E-state index in [-0.39, 0.29) is 0 Å². The molecule has 1 heterocycles. The van der Waals surface area contributed by atoms with Crippen LogP contribution >= 0.6 is 10.5 Å². The van der Waals surface area contributed by atoms with Crippen molar-refractivity contribution in [1.29, 1.82) is 0 Å². The van der Waals surface area contributed by atoms with Crippen molar-refractivity contribution >= 4 is 16.0 Å². The predicted molar refractivity (Wildman–Crippen MR) is 51.2 cm³/mol. The zero-order valence-corrected chi connectivity index (χ0v) is 7.10. The highest BCUT2D eigenvalue weighted by Gasteiger charge is 2.02. The van der Waals surface area contributed by atoms with Crippen molar-refractivity contribution in [3.63, 3.8) is 0 Å². The van der Waals surface area contributed by atoms with Gasteiger partial charge >= 0.3 is 0 Å². The standard InChI is InChI=1S/C9H11NS/c1-2-4-9(5-3-1)11-7-6-10-8-11/h1-5,8,10H,6-7H2. The van der Waals surface area contributed by atoms with Gasteiger partial charge < -0.3 is 0 Å². The molecule has 1 nitrogen and oxygen atoms in total. The van der Waals surface area contributed by atoms with E-state index in [2.05, 4.69) is 41.1 Å². The Morgan fingerprint density at radius 1 is 1.18 bits per heavy atom. The van der Waals surface area contributed by atoms with Gasteiger partial charge in [-0.2, -0.15) is 0 Å². The van der Waals surface area contributed by atoms with Gasteiger partial charge in [-0.3, -0.25) is 5.32 Å². The van der Waals surface area contributed by atoms with Gasteiger partial charge in [0.15, 0.2) is 0 Å². The van der Waals surface area contributed by atoms with Crippen LogP contribution in [0.25, 0.3) is 0 Å². The second kappa shape index (κ2) is 3.20. The Balaban J connectivity index is 2.29. The fraction of sp³-hybridized carbons (Fsp3) is 0.222. The Hall–Kier alpha value is -0.600. The topological polar surface area (TPSA) is 12.0 Å². The van der Waals surface area contributed by atoms with Gasteiger partial charge in [0.05, 0.1) is 0 Å². The molecule has 1 N–H and O–H groups in total. The first-order valence-corrected chi connectivity index (χ1v) is 5.24. The third kappa shape index (κ3) is 1.52. The molecule has 2 heteroatoms. The van der Waals surface area contributed by atoms with Crippen molar-refractivity contribution in [1.82, 2.24) is 5.32 Å². The molecule has 2 rings (SSSR count). The van der Waals surface area contributed by atoms with Crippen LogP contribution in [0.5, 0.6) is 0 Å². The van der Waals surface area contributed by atoms with Crippen molar-refractivity contribution in [3.05, 3.63) is 30.3 Å². The minimum absolute atomic E-state index is 0.373. The van der Waals surface area contributed by atoms with Gasteiger partial charge in [-0.25, -0.2) is 0 Å². The number of nitrogens with one attached hydrogen (secondary N) is 1. The second-order valence-electron chi connectivity index (χ2n) is 2.52. The molecule has 58 valence electrons. The predicted octanol–water partition coefficient (Wildman–Crippen LogP) is 1.68. The molecule has 0 saturated carbocycles. The maximum absolute atomic E-state index is 3.26. The minimum Gasteiger partial charge on any atom is -0.289 e. The summed E-state index contributed by atoms with van der Waals surface area (Å²) >= 11 is 0. The lowest BCUT2D eigenvalue weighted by molar-refractivity contribution is 1.03. The molecule has 1 atom stereocenters. The molecule has 1 aromatic rings. The first-order valence-electron chi connectivity index (χ1n) is 3.78. The van der Waals surface area contributed by atoms with Gasteiger partial charge in [0, 0.05) is 22.7 Å². The molecule has 0 spiro atoms. The first kappa shape index (κ1) is 7.07. The lowest BCUT2D eigenvalue weighted by Gasteiger charge is -2.00. The Labute approximate surface area is 69.4 Å². The normalized spacial score (nSPS) is 23.1. The highest BCUT2D eigenvalue weighted by molar-refractivity contribution is 8.15. The first-order chi connectivity index (χ1) is 5.47. The van der Waals surface area contributed by atoms with Crippen LogP contribution in [0.15, 0.2) is 35.2 Å². The zero-order valence-electron chi connectivity index (χ0n) is 6.29. The fourth-order valence-corrected chi connectivity index (χ4v) is 2.82. The smallest absolute Gasteiger partial charge is 0.00884 e. The molecule has 1 aliphatic heterocycles. The maximum atomic E-state index is 3.26. The molecular weight excluding hydrogens is 154 g/mol. The van der Waals surface area contributed by atoms with Crippen molar-refractivity contribution in [2.24, 2.45) is 0 Å². The molecule has 1 aliphatic rings. The van der Waals surface area contributed by atoms with Crippen LogP contribution in [-0.2, 0) is 0 Å². The third-order valence-electron chi connectivity index (χ3n) is 1.74. The van der Waals surface area contributed by atoms with Gasteiger partial charge in [0.1, 0.15) is 0 Å². The molecule has 0 radical (unpaired) electrons. The van der Waals surface area contributed by atoms with Crippen LogP contribution in [0.1, 0.15) is 0 Å². The summed E-state index contributed by atoms with van der Waals surface area (Å²) in [5.41, 5.74) is 2.22. The van der Waals surface area contributed by atoms with Crippen molar-refractivity contribution in [2.45, 2.75) is 4.90 Å². The zero-order chi connectivity index (χ0) is 7.52. The largest absolute Gasteiger partial charge is 0.289 e. The second-order valence-corrected chi connectivity index (χ2v) is 4.49. The molecule has 11 heavy (non-hydrogen) atoms. The maximum Gasteiger partial charge on any atom is 0.00884 e. The van der Waals surface area contributed by atoms with Gasteiger partial charge in [0.2, 0.25) is 0 Å². The molecule has 0 aromatic heterocycles. The van der Waals surface area contributed by atoms with Crippen LogP contribution in [-0.4, -0.2) is 17.8 Å². The van der Waals surface area contributed by atoms with Crippen LogP contribution in [0.4, 0.5) is 0 Å². The number of hydrogen-bond acceptors (Lipinski definition) is 1. The summed E-state index contributed by atoms with van der Waals surface area (Å²) < 4.78 is 0. The van der Waals surface area contributed by atoms with E-state index >= 15 is 0 Å². The molecule has 0 fully saturated rings. The van der Waals surface area contributed by atoms with Crippen LogP contribution in [0.3, 0.4) is 0 Å². The summed E-state index contributed by atoms with van der Waals surface area (Å²) in [7, 11) is 0.373. The van der Waals surface area contributed by atoms with Crippen molar-refractivity contribution in [2.75, 3.05) is 12.3 Å². The quantitative estimate of drug-likeness (QED) is 0.624. The molecular formula is C9H11NS. The van der Waals surface area contributed by atoms with Crippen LogP contribution in [0.2, 0.25) is 0 Å². The summed E-state index contributed by atoms with van der Waals surface area (Å²) in [4.78, 5) is 1.46.